The molecule has 29 heavy (non-hydrogen) atoms. The van der Waals surface area contributed by atoms with Crippen LogP contribution in [-0.2, 0) is 17.4 Å². The molecule has 0 spiro atoms. The van der Waals surface area contributed by atoms with E-state index in [9.17, 15) is 0 Å². The molecular weight excluding hydrogens is 396 g/mol. The highest BCUT2D eigenvalue weighted by molar-refractivity contribution is 7.97. The Bertz CT molecular complexity index is 817. The molecule has 2 N–H and O–H groups in total. The quantitative estimate of drug-likeness (QED) is 0.496. The van der Waals surface area contributed by atoms with Crippen LogP contribution >= 0.6 is 23.5 Å². The van der Waals surface area contributed by atoms with Gasteiger partial charge in [-0.3, -0.25) is 5.14 Å². The molecule has 0 bridgehead atoms. The minimum absolute atomic E-state index is 0.0893. The Morgan fingerprint density at radius 2 is 1.48 bits per heavy atom. The van der Waals surface area contributed by atoms with E-state index in [4.69, 9.17) is 16.7 Å². The van der Waals surface area contributed by atoms with Crippen molar-refractivity contribution < 1.29 is 0 Å². The number of hydrogen-bond donors (Lipinski definition) is 1. The van der Waals surface area contributed by atoms with E-state index in [2.05, 4.69) is 70.4 Å². The van der Waals surface area contributed by atoms with Crippen molar-refractivity contribution in [1.82, 2.24) is 4.57 Å². The molecule has 0 unspecified atom stereocenters. The van der Waals surface area contributed by atoms with Crippen LogP contribution < -0.4 is 5.14 Å². The lowest BCUT2D eigenvalue weighted by atomic mass is 9.79. The largest absolute Gasteiger partial charge is 0.330 e. The smallest absolute Gasteiger partial charge is 0.124 e. The highest BCUT2D eigenvalue weighted by atomic mass is 35.5. The van der Waals surface area contributed by atoms with Crippen LogP contribution in [0.25, 0.3) is 11.3 Å². The summed E-state index contributed by atoms with van der Waals surface area (Å²) in [6, 6.07) is 9.26. The number of hydrogen-bond acceptors (Lipinski definition) is 2. The lowest BCUT2D eigenvalue weighted by molar-refractivity contribution is 0.320. The van der Waals surface area contributed by atoms with E-state index in [1.54, 1.807) is 0 Å². The molecule has 0 atom stereocenters. The van der Waals surface area contributed by atoms with Gasteiger partial charge in [0, 0.05) is 6.54 Å². The second-order valence-electron chi connectivity index (χ2n) is 10.7. The Balaban J connectivity index is 2.13. The van der Waals surface area contributed by atoms with Gasteiger partial charge in [-0.1, -0.05) is 78.5 Å². The Morgan fingerprint density at radius 3 is 1.97 bits per heavy atom. The zero-order chi connectivity index (χ0) is 21.4. The van der Waals surface area contributed by atoms with Gasteiger partial charge in [0.05, 0.1) is 10.6 Å². The molecular formula is C25H37ClN2S. The van der Waals surface area contributed by atoms with Crippen molar-refractivity contribution in [2.24, 2.45) is 11.1 Å². The van der Waals surface area contributed by atoms with Crippen LogP contribution in [0.15, 0.2) is 29.2 Å². The fourth-order valence-electron chi connectivity index (χ4n) is 4.27. The van der Waals surface area contributed by atoms with E-state index < -0.39 is 0 Å². The van der Waals surface area contributed by atoms with Crippen molar-refractivity contribution in [3.05, 3.63) is 40.5 Å². The van der Waals surface area contributed by atoms with Crippen molar-refractivity contribution >= 4 is 23.5 Å². The van der Waals surface area contributed by atoms with Crippen molar-refractivity contribution in [2.75, 3.05) is 0 Å². The molecule has 0 aliphatic heterocycles. The molecule has 0 saturated heterocycles. The second kappa shape index (κ2) is 8.69. The highest BCUT2D eigenvalue weighted by Gasteiger charge is 2.24. The maximum Gasteiger partial charge on any atom is 0.124 e. The van der Waals surface area contributed by atoms with E-state index in [1.807, 2.05) is 0 Å². The molecule has 4 heteroatoms. The third-order valence-corrected chi connectivity index (χ3v) is 7.34. The van der Waals surface area contributed by atoms with Gasteiger partial charge in [0.25, 0.3) is 0 Å². The Kier molecular flexibility index (Phi) is 6.82. The predicted molar refractivity (Wildman–Crippen MR) is 129 cm³/mol. The maximum atomic E-state index is 6.82. The number of aromatic nitrogens is 1. The zero-order valence-electron chi connectivity index (χ0n) is 18.9. The zero-order valence-corrected chi connectivity index (χ0v) is 20.5. The van der Waals surface area contributed by atoms with Gasteiger partial charge < -0.3 is 4.57 Å². The van der Waals surface area contributed by atoms with Gasteiger partial charge in [0.2, 0.25) is 0 Å². The molecule has 1 heterocycles. The Labute approximate surface area is 186 Å². The molecule has 1 fully saturated rings. The van der Waals surface area contributed by atoms with Crippen LogP contribution in [0, 0.1) is 5.92 Å². The van der Waals surface area contributed by atoms with E-state index in [1.165, 1.54) is 66.4 Å². The summed E-state index contributed by atoms with van der Waals surface area (Å²) in [5, 5.41) is 6.75. The van der Waals surface area contributed by atoms with Crippen LogP contribution in [0.3, 0.4) is 0 Å². The Morgan fingerprint density at radius 1 is 0.931 bits per heavy atom. The van der Waals surface area contributed by atoms with E-state index in [-0.39, 0.29) is 10.8 Å². The molecule has 0 radical (unpaired) electrons. The first kappa shape index (κ1) is 22.8. The van der Waals surface area contributed by atoms with Crippen molar-refractivity contribution in [3.63, 3.8) is 0 Å². The molecule has 1 aromatic heterocycles. The lowest BCUT2D eigenvalue weighted by Crippen LogP contribution is -2.17. The molecule has 2 nitrogen and oxygen atoms in total. The van der Waals surface area contributed by atoms with Gasteiger partial charge in [-0.25, -0.2) is 0 Å². The summed E-state index contributed by atoms with van der Waals surface area (Å²) in [5.41, 5.74) is 5.36. The van der Waals surface area contributed by atoms with E-state index in [0.717, 1.165) is 16.6 Å². The van der Waals surface area contributed by atoms with Gasteiger partial charge in [-0.15, -0.1) is 0 Å². The number of rotatable bonds is 4. The van der Waals surface area contributed by atoms with Gasteiger partial charge >= 0.3 is 0 Å². The van der Waals surface area contributed by atoms with Gasteiger partial charge in [-0.2, -0.15) is 0 Å². The molecule has 1 aliphatic carbocycles. The first-order chi connectivity index (χ1) is 13.5. The molecule has 3 rings (SSSR count). The summed E-state index contributed by atoms with van der Waals surface area (Å²) in [6.07, 6.45) is 6.65. The number of halogens is 1. The topological polar surface area (TPSA) is 30.9 Å². The minimum atomic E-state index is 0.0893. The van der Waals surface area contributed by atoms with E-state index >= 15 is 0 Å². The van der Waals surface area contributed by atoms with Crippen molar-refractivity contribution in [2.45, 2.75) is 95.9 Å². The SMILES string of the molecule is CC(C)(C)c1cc(-c2cc(SN)c(Cl)n2CC2CCCCC2)cc(C(C)(C)C)c1. The summed E-state index contributed by atoms with van der Waals surface area (Å²) in [7, 11) is 0. The normalized spacial score (nSPS) is 16.4. The molecule has 2 aromatic rings. The summed E-state index contributed by atoms with van der Waals surface area (Å²) >= 11 is 8.07. The summed E-state index contributed by atoms with van der Waals surface area (Å²) in [4.78, 5) is 0.968. The molecule has 0 amide bonds. The predicted octanol–water partition coefficient (Wildman–Crippen LogP) is 7.95. The van der Waals surface area contributed by atoms with Crippen LogP contribution in [0.5, 0.6) is 0 Å². The van der Waals surface area contributed by atoms with Crippen LogP contribution in [0.1, 0.15) is 84.8 Å². The maximum absolute atomic E-state index is 6.82. The van der Waals surface area contributed by atoms with Crippen molar-refractivity contribution in [1.29, 1.82) is 0 Å². The third kappa shape index (κ3) is 5.24. The van der Waals surface area contributed by atoms with Gasteiger partial charge in [0.15, 0.2) is 0 Å². The first-order valence-electron chi connectivity index (χ1n) is 10.9. The lowest BCUT2D eigenvalue weighted by Gasteiger charge is -2.27. The highest BCUT2D eigenvalue weighted by Crippen LogP contribution is 2.39. The average molecular weight is 433 g/mol. The minimum Gasteiger partial charge on any atom is -0.330 e. The van der Waals surface area contributed by atoms with Gasteiger partial charge in [0.1, 0.15) is 5.15 Å². The second-order valence-corrected chi connectivity index (χ2v) is 11.7. The first-order valence-corrected chi connectivity index (χ1v) is 12.2. The number of benzene rings is 1. The van der Waals surface area contributed by atoms with E-state index in [0.29, 0.717) is 5.92 Å². The van der Waals surface area contributed by atoms with Gasteiger partial charge in [-0.05, 0) is 76.4 Å². The summed E-state index contributed by atoms with van der Waals surface area (Å²) < 4.78 is 2.32. The summed E-state index contributed by atoms with van der Waals surface area (Å²) in [5.74, 6) is 0.705. The number of nitrogens with zero attached hydrogens (tertiary/aromatic N) is 1. The molecule has 1 aromatic carbocycles. The third-order valence-electron chi connectivity index (χ3n) is 6.25. The fraction of sp³-hybridized carbons (Fsp3) is 0.600. The van der Waals surface area contributed by atoms with Crippen LogP contribution in [-0.4, -0.2) is 4.57 Å². The van der Waals surface area contributed by atoms with Crippen molar-refractivity contribution in [3.8, 4) is 11.3 Å². The number of nitrogens with two attached hydrogens (primary N) is 1. The fourth-order valence-corrected chi connectivity index (χ4v) is 5.01. The van der Waals surface area contributed by atoms with Crippen LogP contribution in [0.2, 0.25) is 5.15 Å². The van der Waals surface area contributed by atoms with Crippen LogP contribution in [0.4, 0.5) is 0 Å². The average Bonchev–Trinajstić information content (AvgIpc) is 2.97. The monoisotopic (exact) mass is 432 g/mol. The standard InChI is InChI=1S/C25H37ClN2S/c1-24(2,3)19-12-18(13-20(14-19)25(4,5)6)21-15-22(29-27)23(26)28(21)16-17-10-8-7-9-11-17/h12-15,17H,7-11,16,27H2,1-6H3. The molecule has 160 valence electrons. The summed E-state index contributed by atoms with van der Waals surface area (Å²) in [6.45, 7) is 14.7. The molecule has 1 saturated carbocycles. The molecule has 1 aliphatic rings. The Hall–Kier alpha value is -0.900.